The minimum atomic E-state index is -4.54. The van der Waals surface area contributed by atoms with Crippen LogP contribution in [0, 0.1) is 0 Å². The van der Waals surface area contributed by atoms with Gasteiger partial charge in [-0.25, -0.2) is 9.67 Å². The van der Waals surface area contributed by atoms with Crippen LogP contribution in [0.5, 0.6) is 0 Å². The van der Waals surface area contributed by atoms with E-state index in [1.54, 1.807) is 6.92 Å². The average Bonchev–Trinajstić information content (AvgIpc) is 2.93. The highest BCUT2D eigenvalue weighted by atomic mass is 19.4. The van der Waals surface area contributed by atoms with Gasteiger partial charge in [-0.05, 0) is 38.9 Å². The largest absolute Gasteiger partial charge is 0.433 e. The summed E-state index contributed by atoms with van der Waals surface area (Å²) < 4.78 is 40.6. The van der Waals surface area contributed by atoms with E-state index in [4.69, 9.17) is 0 Å². The minimum absolute atomic E-state index is 0.0422. The van der Waals surface area contributed by atoms with Crippen LogP contribution in [0.1, 0.15) is 43.1 Å². The van der Waals surface area contributed by atoms with Crippen LogP contribution in [0.3, 0.4) is 0 Å². The van der Waals surface area contributed by atoms with Crippen LogP contribution in [-0.2, 0) is 0 Å². The van der Waals surface area contributed by atoms with Crippen LogP contribution in [-0.4, -0.2) is 40.5 Å². The molecule has 0 amide bonds. The summed E-state index contributed by atoms with van der Waals surface area (Å²) in [7, 11) is 0. The summed E-state index contributed by atoms with van der Waals surface area (Å²) >= 11 is 0. The monoisotopic (exact) mass is 351 g/mol. The SMILES string of the molecule is CC1=CC(C(F)(F)F)=NC2=Nn3c(C4CCNCC4)cc(=O)nc3C12. The van der Waals surface area contributed by atoms with Gasteiger partial charge in [-0.15, -0.1) is 0 Å². The third-order valence-electron chi connectivity index (χ3n) is 4.78. The zero-order valence-corrected chi connectivity index (χ0v) is 13.5. The quantitative estimate of drug-likeness (QED) is 0.840. The number of nitrogens with one attached hydrogen (secondary N) is 1. The Bertz CT molecular complexity index is 875. The van der Waals surface area contributed by atoms with Gasteiger partial charge in [-0.2, -0.15) is 23.3 Å². The summed E-state index contributed by atoms with van der Waals surface area (Å²) in [6, 6.07) is 1.44. The second kappa shape index (κ2) is 5.62. The maximum atomic E-state index is 13.0. The molecule has 0 radical (unpaired) electrons. The van der Waals surface area contributed by atoms with E-state index in [-0.39, 0.29) is 11.8 Å². The zero-order valence-electron chi connectivity index (χ0n) is 13.5. The molecule has 0 spiro atoms. The molecule has 1 saturated heterocycles. The van der Waals surface area contributed by atoms with E-state index in [9.17, 15) is 18.0 Å². The number of alkyl halides is 3. The van der Waals surface area contributed by atoms with E-state index in [1.807, 2.05) is 0 Å². The number of fused-ring (bicyclic) bond motifs is 3. The van der Waals surface area contributed by atoms with Crippen molar-refractivity contribution < 1.29 is 13.2 Å². The second-order valence-electron chi connectivity index (χ2n) is 6.49. The Labute approximate surface area is 141 Å². The summed E-state index contributed by atoms with van der Waals surface area (Å²) in [6.07, 6.45) is -1.86. The number of nitrogens with zero attached hydrogens (tertiary/aromatic N) is 4. The molecule has 0 aliphatic carbocycles. The highest BCUT2D eigenvalue weighted by Crippen LogP contribution is 2.37. The molecular formula is C16H16F3N5O. The normalized spacial score (nSPS) is 23.5. The summed E-state index contributed by atoms with van der Waals surface area (Å²) in [5.41, 5.74) is -0.231. The third kappa shape index (κ3) is 2.72. The number of aromatic nitrogens is 2. The average molecular weight is 351 g/mol. The van der Waals surface area contributed by atoms with Crippen molar-refractivity contribution in [2.24, 2.45) is 10.1 Å². The number of amidine groups is 1. The van der Waals surface area contributed by atoms with Gasteiger partial charge in [0, 0.05) is 12.0 Å². The van der Waals surface area contributed by atoms with E-state index in [0.717, 1.165) is 32.0 Å². The topological polar surface area (TPSA) is 71.6 Å². The molecule has 25 heavy (non-hydrogen) atoms. The fraction of sp³-hybridized carbons (Fsp3) is 0.500. The Morgan fingerprint density at radius 3 is 2.68 bits per heavy atom. The molecule has 9 heteroatoms. The molecule has 6 nitrogen and oxygen atoms in total. The predicted octanol–water partition coefficient (Wildman–Crippen LogP) is 1.93. The van der Waals surface area contributed by atoms with Crippen molar-refractivity contribution in [2.45, 2.75) is 37.8 Å². The summed E-state index contributed by atoms with van der Waals surface area (Å²) in [6.45, 7) is 3.23. The Morgan fingerprint density at radius 2 is 2.00 bits per heavy atom. The van der Waals surface area contributed by atoms with Gasteiger partial charge < -0.3 is 5.32 Å². The molecule has 4 heterocycles. The first kappa shape index (κ1) is 16.2. The van der Waals surface area contributed by atoms with Gasteiger partial charge in [0.2, 0.25) is 0 Å². The van der Waals surface area contributed by atoms with Crippen molar-refractivity contribution in [2.75, 3.05) is 13.1 Å². The van der Waals surface area contributed by atoms with E-state index >= 15 is 0 Å². The Morgan fingerprint density at radius 1 is 1.28 bits per heavy atom. The van der Waals surface area contributed by atoms with Gasteiger partial charge >= 0.3 is 6.18 Å². The van der Waals surface area contributed by atoms with E-state index in [2.05, 4.69) is 20.4 Å². The van der Waals surface area contributed by atoms with Crippen molar-refractivity contribution in [3.63, 3.8) is 0 Å². The van der Waals surface area contributed by atoms with Crippen LogP contribution in [0.2, 0.25) is 0 Å². The van der Waals surface area contributed by atoms with Crippen molar-refractivity contribution in [1.29, 1.82) is 0 Å². The first-order chi connectivity index (χ1) is 11.8. The van der Waals surface area contributed by atoms with Crippen LogP contribution < -0.4 is 10.9 Å². The molecule has 1 atom stereocenters. The number of hydrogen-bond acceptors (Lipinski definition) is 5. The molecule has 1 aromatic heterocycles. The lowest BCUT2D eigenvalue weighted by atomic mass is 9.92. The van der Waals surface area contributed by atoms with E-state index in [0.29, 0.717) is 17.1 Å². The van der Waals surface area contributed by atoms with Crippen LogP contribution >= 0.6 is 0 Å². The van der Waals surface area contributed by atoms with E-state index in [1.165, 1.54) is 10.7 Å². The first-order valence-corrected chi connectivity index (χ1v) is 8.12. The van der Waals surface area contributed by atoms with Crippen molar-refractivity contribution in [1.82, 2.24) is 15.0 Å². The Balaban J connectivity index is 1.84. The smallest absolute Gasteiger partial charge is 0.317 e. The summed E-state index contributed by atoms with van der Waals surface area (Å²) in [4.78, 5) is 19.8. The first-order valence-electron chi connectivity index (χ1n) is 8.12. The molecule has 0 saturated carbocycles. The van der Waals surface area contributed by atoms with Crippen LogP contribution in [0.25, 0.3) is 0 Å². The number of allylic oxidation sites excluding steroid dienone is 1. The fourth-order valence-corrected chi connectivity index (χ4v) is 3.59. The molecule has 1 aromatic rings. The molecule has 1 fully saturated rings. The fourth-order valence-electron chi connectivity index (χ4n) is 3.59. The van der Waals surface area contributed by atoms with Crippen molar-refractivity contribution in [3.8, 4) is 0 Å². The maximum absolute atomic E-state index is 13.0. The van der Waals surface area contributed by atoms with Gasteiger partial charge in [0.25, 0.3) is 5.56 Å². The lowest BCUT2D eigenvalue weighted by Crippen LogP contribution is -2.30. The lowest BCUT2D eigenvalue weighted by Gasteiger charge is -2.24. The predicted molar refractivity (Wildman–Crippen MR) is 86.2 cm³/mol. The number of piperidine rings is 1. The molecule has 0 aromatic carbocycles. The zero-order chi connectivity index (χ0) is 17.8. The highest BCUT2D eigenvalue weighted by Gasteiger charge is 2.42. The molecule has 1 N–H and O–H groups in total. The number of halogens is 3. The number of hydrogen-bond donors (Lipinski definition) is 1. The van der Waals surface area contributed by atoms with Gasteiger partial charge in [-0.1, -0.05) is 5.57 Å². The number of rotatable bonds is 1. The lowest BCUT2D eigenvalue weighted by molar-refractivity contribution is -0.0576. The van der Waals surface area contributed by atoms with Crippen molar-refractivity contribution in [3.05, 3.63) is 39.6 Å². The molecule has 1 unspecified atom stereocenters. The van der Waals surface area contributed by atoms with Crippen molar-refractivity contribution >= 4 is 11.5 Å². The minimum Gasteiger partial charge on any atom is -0.317 e. The summed E-state index contributed by atoms with van der Waals surface area (Å²) in [5, 5.41) is 7.54. The van der Waals surface area contributed by atoms with Gasteiger partial charge in [0.1, 0.15) is 17.5 Å². The maximum Gasteiger partial charge on any atom is 0.433 e. The summed E-state index contributed by atoms with van der Waals surface area (Å²) in [5.74, 6) is -0.0774. The van der Waals surface area contributed by atoms with Gasteiger partial charge in [0.05, 0.1) is 5.69 Å². The second-order valence-corrected chi connectivity index (χ2v) is 6.49. The molecular weight excluding hydrogens is 335 g/mol. The standard InChI is InChI=1S/C16H16F3N5O/c1-8-6-11(16(17,18)19)21-14-13(8)15-22-12(25)7-10(24(15)23-14)9-2-4-20-5-3-9/h6-7,9,13,20H,2-5H2,1H3. The Hall–Kier alpha value is -2.29. The third-order valence-corrected chi connectivity index (χ3v) is 4.78. The molecule has 4 rings (SSSR count). The molecule has 0 bridgehead atoms. The Kier molecular flexibility index (Phi) is 3.64. The van der Waals surface area contributed by atoms with Crippen LogP contribution in [0.4, 0.5) is 13.2 Å². The highest BCUT2D eigenvalue weighted by molar-refractivity contribution is 6.13. The number of aliphatic imine (C=N–C) groups is 1. The molecule has 3 aliphatic rings. The number of dihydropyridines is 1. The molecule has 3 aliphatic heterocycles. The van der Waals surface area contributed by atoms with E-state index < -0.39 is 23.4 Å². The van der Waals surface area contributed by atoms with Crippen LogP contribution in [0.15, 0.2) is 32.6 Å². The molecule has 132 valence electrons. The van der Waals surface area contributed by atoms with Gasteiger partial charge in [0.15, 0.2) is 5.84 Å². The van der Waals surface area contributed by atoms with Gasteiger partial charge in [-0.3, -0.25) is 4.79 Å².